The van der Waals surface area contributed by atoms with Gasteiger partial charge in [-0.2, -0.15) is 9.37 Å². The van der Waals surface area contributed by atoms with Crippen molar-refractivity contribution >= 4 is 61.7 Å². The summed E-state index contributed by atoms with van der Waals surface area (Å²) in [4.78, 5) is 15.3. The van der Waals surface area contributed by atoms with Crippen LogP contribution in [-0.2, 0) is 10.5 Å². The lowest BCUT2D eigenvalue weighted by Gasteiger charge is -2.09. The summed E-state index contributed by atoms with van der Waals surface area (Å²) in [6.07, 6.45) is 0. The van der Waals surface area contributed by atoms with E-state index >= 15 is 0 Å². The molecule has 122 valence electrons. The smallest absolute Gasteiger partial charge is 0.238 e. The van der Waals surface area contributed by atoms with Crippen molar-refractivity contribution in [2.45, 2.75) is 5.75 Å². The Balaban J connectivity index is 1.94. The molecular weight excluding hydrogens is 430 g/mol. The van der Waals surface area contributed by atoms with E-state index in [2.05, 4.69) is 20.9 Å². The standard InChI is InChI=1S/C14H10BrCl2FN2O2S/c15-8-4-2-1-3-7(8)6-23-9(21)5-22-14-11(17)12(19)10(16)13(18)20-14/h1-4H,5-6H2,(H2,19,20). The van der Waals surface area contributed by atoms with E-state index in [9.17, 15) is 9.18 Å². The lowest BCUT2D eigenvalue weighted by atomic mass is 10.2. The second kappa shape index (κ2) is 8.19. The van der Waals surface area contributed by atoms with E-state index in [4.69, 9.17) is 33.7 Å². The van der Waals surface area contributed by atoms with Crippen LogP contribution in [0.25, 0.3) is 0 Å². The van der Waals surface area contributed by atoms with E-state index in [1.54, 1.807) is 0 Å². The maximum absolute atomic E-state index is 13.4. The number of nitrogen functional groups attached to an aromatic ring is 1. The Hall–Kier alpha value is -1.02. The minimum absolute atomic E-state index is 0.125. The summed E-state index contributed by atoms with van der Waals surface area (Å²) in [6.45, 7) is -0.317. The van der Waals surface area contributed by atoms with Crippen LogP contribution in [0.1, 0.15) is 5.56 Å². The van der Waals surface area contributed by atoms with Crippen molar-refractivity contribution in [3.63, 3.8) is 0 Å². The molecule has 4 nitrogen and oxygen atoms in total. The second-order valence-electron chi connectivity index (χ2n) is 4.29. The number of carbonyl (C=O) groups excluding carboxylic acids is 1. The summed E-state index contributed by atoms with van der Waals surface area (Å²) in [5, 5.41) is -0.760. The average molecular weight is 440 g/mol. The van der Waals surface area contributed by atoms with Gasteiger partial charge >= 0.3 is 0 Å². The molecule has 0 amide bonds. The molecule has 0 saturated carbocycles. The van der Waals surface area contributed by atoms with Crippen molar-refractivity contribution < 1.29 is 13.9 Å². The number of nitrogens with zero attached hydrogens (tertiary/aromatic N) is 1. The molecule has 1 aromatic carbocycles. The maximum atomic E-state index is 13.4. The number of carbonyl (C=O) groups is 1. The van der Waals surface area contributed by atoms with Crippen LogP contribution in [0.4, 0.5) is 10.1 Å². The first-order chi connectivity index (χ1) is 10.9. The van der Waals surface area contributed by atoms with Gasteiger partial charge in [-0.25, -0.2) is 0 Å². The monoisotopic (exact) mass is 438 g/mol. The van der Waals surface area contributed by atoms with Gasteiger partial charge in [0.15, 0.2) is 6.61 Å². The third kappa shape index (κ3) is 4.73. The third-order valence-electron chi connectivity index (χ3n) is 2.71. The first-order valence-electron chi connectivity index (χ1n) is 6.22. The lowest BCUT2D eigenvalue weighted by molar-refractivity contribution is -0.112. The Kier molecular flexibility index (Phi) is 6.52. The fourth-order valence-electron chi connectivity index (χ4n) is 1.55. The van der Waals surface area contributed by atoms with Crippen LogP contribution in [0.15, 0.2) is 28.7 Å². The second-order valence-corrected chi connectivity index (χ2v) is 6.93. The SMILES string of the molecule is Nc1c(Cl)c(F)nc(OCC(=O)SCc2ccccc2Br)c1Cl. The van der Waals surface area contributed by atoms with E-state index in [0.29, 0.717) is 5.75 Å². The Bertz CT molecular complexity index is 749. The molecule has 0 unspecified atom stereocenters. The molecule has 0 aliphatic heterocycles. The zero-order valence-corrected chi connectivity index (χ0v) is 15.4. The average Bonchev–Trinajstić information content (AvgIpc) is 2.54. The minimum Gasteiger partial charge on any atom is -0.467 e. The normalized spacial score (nSPS) is 10.6. The zero-order chi connectivity index (χ0) is 17.0. The van der Waals surface area contributed by atoms with Crippen molar-refractivity contribution in [3.8, 4) is 5.88 Å². The molecule has 0 fully saturated rings. The summed E-state index contributed by atoms with van der Waals surface area (Å²) in [5.74, 6) is -0.792. The number of benzene rings is 1. The highest BCUT2D eigenvalue weighted by Gasteiger charge is 2.17. The van der Waals surface area contributed by atoms with Gasteiger partial charge in [0, 0.05) is 10.2 Å². The van der Waals surface area contributed by atoms with Gasteiger partial charge in [0.1, 0.15) is 10.0 Å². The molecule has 23 heavy (non-hydrogen) atoms. The van der Waals surface area contributed by atoms with E-state index in [0.717, 1.165) is 21.8 Å². The number of ether oxygens (including phenoxy) is 1. The number of rotatable bonds is 5. The van der Waals surface area contributed by atoms with Gasteiger partial charge in [-0.05, 0) is 11.6 Å². The molecule has 0 aliphatic carbocycles. The number of nitrogens with two attached hydrogens (primary N) is 1. The maximum Gasteiger partial charge on any atom is 0.238 e. The van der Waals surface area contributed by atoms with Gasteiger partial charge in [0.05, 0.1) is 5.69 Å². The van der Waals surface area contributed by atoms with Crippen molar-refractivity contribution in [3.05, 3.63) is 50.3 Å². The first-order valence-corrected chi connectivity index (χ1v) is 8.75. The molecule has 0 radical (unpaired) electrons. The predicted molar refractivity (Wildman–Crippen MR) is 94.6 cm³/mol. The van der Waals surface area contributed by atoms with E-state index in [1.165, 1.54) is 0 Å². The molecule has 0 atom stereocenters. The fourth-order valence-corrected chi connectivity index (χ4v) is 3.25. The van der Waals surface area contributed by atoms with Gasteiger partial charge < -0.3 is 10.5 Å². The lowest BCUT2D eigenvalue weighted by Crippen LogP contribution is -2.10. The quantitative estimate of drug-likeness (QED) is 0.683. The van der Waals surface area contributed by atoms with Crippen molar-refractivity contribution in [1.29, 1.82) is 0 Å². The Morgan fingerprint density at radius 3 is 2.74 bits per heavy atom. The molecule has 0 bridgehead atoms. The van der Waals surface area contributed by atoms with Crippen molar-refractivity contribution in [2.75, 3.05) is 12.3 Å². The van der Waals surface area contributed by atoms with Gasteiger partial charge in [0.25, 0.3) is 0 Å². The molecule has 2 rings (SSSR count). The van der Waals surface area contributed by atoms with Crippen molar-refractivity contribution in [1.82, 2.24) is 4.98 Å². The molecular formula is C14H10BrCl2FN2O2S. The highest BCUT2D eigenvalue weighted by molar-refractivity contribution is 9.10. The molecule has 0 saturated heterocycles. The molecule has 2 N–H and O–H groups in total. The van der Waals surface area contributed by atoms with Crippen LogP contribution in [0.5, 0.6) is 5.88 Å². The minimum atomic E-state index is -1.00. The summed E-state index contributed by atoms with van der Waals surface area (Å²) < 4.78 is 19.4. The van der Waals surface area contributed by atoms with Crippen LogP contribution in [0.3, 0.4) is 0 Å². The largest absolute Gasteiger partial charge is 0.467 e. The van der Waals surface area contributed by atoms with E-state index in [-0.39, 0.29) is 33.3 Å². The third-order valence-corrected chi connectivity index (χ3v) is 5.11. The van der Waals surface area contributed by atoms with Crippen LogP contribution >= 0.6 is 50.9 Å². The van der Waals surface area contributed by atoms with Gasteiger partial charge in [-0.3, -0.25) is 4.79 Å². The highest BCUT2D eigenvalue weighted by atomic mass is 79.9. The Labute approximate surface area is 154 Å². The molecule has 1 aromatic heterocycles. The first kappa shape index (κ1) is 18.3. The zero-order valence-electron chi connectivity index (χ0n) is 11.5. The number of hydrogen-bond acceptors (Lipinski definition) is 5. The number of thioether (sulfide) groups is 1. The summed E-state index contributed by atoms with van der Waals surface area (Å²) >= 11 is 15.9. The number of hydrogen-bond donors (Lipinski definition) is 1. The van der Waals surface area contributed by atoms with Crippen LogP contribution in [-0.4, -0.2) is 16.7 Å². The van der Waals surface area contributed by atoms with Gasteiger partial charge in [0.2, 0.25) is 16.9 Å². The number of halogens is 4. The number of pyridine rings is 1. The Morgan fingerprint density at radius 1 is 1.35 bits per heavy atom. The van der Waals surface area contributed by atoms with E-state index in [1.807, 2.05) is 24.3 Å². The summed E-state index contributed by atoms with van der Waals surface area (Å²) in [5.41, 5.74) is 6.32. The van der Waals surface area contributed by atoms with Gasteiger partial charge in [-0.15, -0.1) is 0 Å². The molecule has 1 heterocycles. The molecule has 9 heteroatoms. The summed E-state index contributed by atoms with van der Waals surface area (Å²) in [7, 11) is 0. The number of aromatic nitrogens is 1. The van der Waals surface area contributed by atoms with Crippen LogP contribution in [0, 0.1) is 5.95 Å². The van der Waals surface area contributed by atoms with Crippen molar-refractivity contribution in [2.24, 2.45) is 0 Å². The van der Waals surface area contributed by atoms with Gasteiger partial charge in [-0.1, -0.05) is 69.1 Å². The highest BCUT2D eigenvalue weighted by Crippen LogP contribution is 2.35. The molecule has 0 spiro atoms. The van der Waals surface area contributed by atoms with E-state index < -0.39 is 5.95 Å². The fraction of sp³-hybridized carbons (Fsp3) is 0.143. The molecule has 0 aliphatic rings. The molecule has 2 aromatic rings. The van der Waals surface area contributed by atoms with Crippen LogP contribution in [0.2, 0.25) is 10.0 Å². The number of anilines is 1. The topological polar surface area (TPSA) is 65.2 Å². The van der Waals surface area contributed by atoms with Crippen LogP contribution < -0.4 is 10.5 Å². The predicted octanol–water partition coefficient (Wildman–Crippen LogP) is 4.71. The summed E-state index contributed by atoms with van der Waals surface area (Å²) in [6, 6.07) is 7.56. The Morgan fingerprint density at radius 2 is 2.04 bits per heavy atom.